The highest BCUT2D eigenvalue weighted by Gasteiger charge is 2.17. The third-order valence-electron chi connectivity index (χ3n) is 3.12. The molecule has 0 fully saturated rings. The Bertz CT molecular complexity index is 559. The van der Waals surface area contributed by atoms with Gasteiger partial charge < -0.3 is 4.57 Å². The van der Waals surface area contributed by atoms with Crippen LogP contribution in [0.2, 0.25) is 0 Å². The average Bonchev–Trinajstić information content (AvgIpc) is 2.68. The van der Waals surface area contributed by atoms with E-state index >= 15 is 0 Å². The molecule has 0 saturated carbocycles. The minimum atomic E-state index is 0.0434. The second-order valence-corrected chi connectivity index (χ2v) is 4.48. The molecular weight excluding hydrogens is 226 g/mol. The number of unbranched alkanes of at least 4 members (excludes halogenated alkanes) is 1. The molecule has 0 aliphatic rings. The van der Waals surface area contributed by atoms with Gasteiger partial charge in [0.15, 0.2) is 0 Å². The smallest absolute Gasteiger partial charge is 0.226 e. The minimum Gasteiger partial charge on any atom is -0.313 e. The second-order valence-electron chi connectivity index (χ2n) is 4.48. The summed E-state index contributed by atoms with van der Waals surface area (Å²) in [7, 11) is 1.95. The van der Waals surface area contributed by atoms with Gasteiger partial charge in [-0.1, -0.05) is 25.5 Å². The lowest BCUT2D eigenvalue weighted by Gasteiger charge is -2.19. The van der Waals surface area contributed by atoms with Crippen molar-refractivity contribution in [2.75, 3.05) is 11.4 Å². The monoisotopic (exact) mass is 245 g/mol. The lowest BCUT2D eigenvalue weighted by Crippen LogP contribution is -2.31. The Hall–Kier alpha value is -1.84. The molecule has 4 nitrogen and oxygen atoms in total. The van der Waals surface area contributed by atoms with Crippen LogP contribution in [0.1, 0.15) is 26.7 Å². The first-order valence-corrected chi connectivity index (χ1v) is 6.34. The third kappa shape index (κ3) is 2.23. The lowest BCUT2D eigenvalue weighted by molar-refractivity contribution is -0.116. The molecule has 0 spiro atoms. The number of hydrogen-bond acceptors (Lipinski definition) is 2. The summed E-state index contributed by atoms with van der Waals surface area (Å²) >= 11 is 0. The second kappa shape index (κ2) is 5.21. The SMILES string of the molecule is CCCCN(C(C)=O)c1nc2ccccc2n1C. The quantitative estimate of drug-likeness (QED) is 0.830. The molecule has 4 heteroatoms. The molecule has 96 valence electrons. The van der Waals surface area contributed by atoms with Crippen LogP contribution in [0.15, 0.2) is 24.3 Å². The number of carbonyl (C=O) groups is 1. The van der Waals surface area contributed by atoms with Gasteiger partial charge in [0, 0.05) is 20.5 Å². The van der Waals surface area contributed by atoms with Crippen LogP contribution in [0.5, 0.6) is 0 Å². The van der Waals surface area contributed by atoms with Crippen LogP contribution in [-0.2, 0) is 11.8 Å². The van der Waals surface area contributed by atoms with Crippen molar-refractivity contribution in [1.82, 2.24) is 9.55 Å². The van der Waals surface area contributed by atoms with Crippen molar-refractivity contribution in [1.29, 1.82) is 0 Å². The van der Waals surface area contributed by atoms with Crippen LogP contribution >= 0.6 is 0 Å². The van der Waals surface area contributed by atoms with Crippen LogP contribution in [-0.4, -0.2) is 22.0 Å². The summed E-state index contributed by atoms with van der Waals surface area (Å²) in [6, 6.07) is 7.93. The molecule has 0 saturated heterocycles. The maximum atomic E-state index is 11.8. The molecule has 1 amide bonds. The number of fused-ring (bicyclic) bond motifs is 1. The van der Waals surface area contributed by atoms with Gasteiger partial charge in [-0.05, 0) is 18.6 Å². The predicted octanol–water partition coefficient (Wildman–Crippen LogP) is 2.73. The van der Waals surface area contributed by atoms with Crippen molar-refractivity contribution in [3.63, 3.8) is 0 Å². The van der Waals surface area contributed by atoms with E-state index in [1.54, 1.807) is 11.8 Å². The Labute approximate surface area is 107 Å². The topological polar surface area (TPSA) is 38.1 Å². The number of anilines is 1. The van der Waals surface area contributed by atoms with E-state index in [9.17, 15) is 4.79 Å². The average molecular weight is 245 g/mol. The number of nitrogens with zero attached hydrogens (tertiary/aromatic N) is 3. The Morgan fingerprint density at radius 3 is 2.72 bits per heavy atom. The van der Waals surface area contributed by atoms with Crippen LogP contribution in [0.4, 0.5) is 5.95 Å². The maximum absolute atomic E-state index is 11.8. The Morgan fingerprint density at radius 1 is 1.39 bits per heavy atom. The molecule has 0 aliphatic carbocycles. The van der Waals surface area contributed by atoms with Crippen molar-refractivity contribution < 1.29 is 4.79 Å². The fourth-order valence-electron chi connectivity index (χ4n) is 2.09. The molecule has 0 aliphatic heterocycles. The summed E-state index contributed by atoms with van der Waals surface area (Å²) in [5.41, 5.74) is 1.98. The van der Waals surface area contributed by atoms with Crippen LogP contribution in [0.3, 0.4) is 0 Å². The van der Waals surface area contributed by atoms with E-state index in [0.717, 1.165) is 36.4 Å². The fourth-order valence-corrected chi connectivity index (χ4v) is 2.09. The first-order chi connectivity index (χ1) is 8.65. The number of aryl methyl sites for hydroxylation is 1. The molecule has 2 rings (SSSR count). The van der Waals surface area contributed by atoms with Gasteiger partial charge in [-0.15, -0.1) is 0 Å². The largest absolute Gasteiger partial charge is 0.313 e. The third-order valence-corrected chi connectivity index (χ3v) is 3.12. The molecule has 1 heterocycles. The number of para-hydroxylation sites is 2. The van der Waals surface area contributed by atoms with E-state index in [0.29, 0.717) is 0 Å². The molecule has 0 bridgehead atoms. The minimum absolute atomic E-state index is 0.0434. The zero-order chi connectivity index (χ0) is 13.1. The molecular formula is C14H19N3O. The van der Waals surface area contributed by atoms with Crippen LogP contribution in [0.25, 0.3) is 11.0 Å². The van der Waals surface area contributed by atoms with Crippen LogP contribution < -0.4 is 4.90 Å². The van der Waals surface area contributed by atoms with Crippen molar-refractivity contribution in [3.05, 3.63) is 24.3 Å². The van der Waals surface area contributed by atoms with Gasteiger partial charge >= 0.3 is 0 Å². The summed E-state index contributed by atoms with van der Waals surface area (Å²) in [5.74, 6) is 0.777. The van der Waals surface area contributed by atoms with Gasteiger partial charge in [0.05, 0.1) is 11.0 Å². The van der Waals surface area contributed by atoms with E-state index in [1.807, 2.05) is 35.9 Å². The number of benzene rings is 1. The first kappa shape index (κ1) is 12.6. The number of imidazole rings is 1. The van der Waals surface area contributed by atoms with Gasteiger partial charge in [0.2, 0.25) is 11.9 Å². The van der Waals surface area contributed by atoms with Crippen molar-refractivity contribution in [2.24, 2.45) is 7.05 Å². The molecule has 2 aromatic rings. The van der Waals surface area contributed by atoms with Gasteiger partial charge in [-0.3, -0.25) is 9.69 Å². The Balaban J connectivity index is 2.44. The number of aromatic nitrogens is 2. The highest BCUT2D eigenvalue weighted by Crippen LogP contribution is 2.21. The highest BCUT2D eigenvalue weighted by atomic mass is 16.2. The van der Waals surface area contributed by atoms with Gasteiger partial charge in [0.25, 0.3) is 0 Å². The number of hydrogen-bond donors (Lipinski definition) is 0. The number of carbonyl (C=O) groups excluding carboxylic acids is 1. The van der Waals surface area contributed by atoms with Crippen molar-refractivity contribution in [2.45, 2.75) is 26.7 Å². The molecule has 0 radical (unpaired) electrons. The molecule has 1 aromatic carbocycles. The molecule has 0 atom stereocenters. The van der Waals surface area contributed by atoms with Gasteiger partial charge in [-0.2, -0.15) is 0 Å². The molecule has 1 aromatic heterocycles. The normalized spacial score (nSPS) is 10.8. The predicted molar refractivity (Wildman–Crippen MR) is 73.6 cm³/mol. The van der Waals surface area contributed by atoms with Crippen molar-refractivity contribution in [3.8, 4) is 0 Å². The lowest BCUT2D eigenvalue weighted by atomic mass is 10.3. The van der Waals surface area contributed by atoms with E-state index in [1.165, 1.54) is 0 Å². The first-order valence-electron chi connectivity index (χ1n) is 6.34. The van der Waals surface area contributed by atoms with Crippen molar-refractivity contribution >= 4 is 22.9 Å². The molecule has 0 N–H and O–H groups in total. The Morgan fingerprint density at radius 2 is 2.11 bits per heavy atom. The summed E-state index contributed by atoms with van der Waals surface area (Å²) in [6.07, 6.45) is 2.05. The number of amides is 1. The van der Waals surface area contributed by atoms with Gasteiger partial charge in [-0.25, -0.2) is 4.98 Å². The van der Waals surface area contributed by atoms with E-state index in [2.05, 4.69) is 11.9 Å². The van der Waals surface area contributed by atoms with Crippen LogP contribution in [0, 0.1) is 0 Å². The highest BCUT2D eigenvalue weighted by molar-refractivity contribution is 5.92. The number of rotatable bonds is 4. The maximum Gasteiger partial charge on any atom is 0.226 e. The zero-order valence-corrected chi connectivity index (χ0v) is 11.2. The standard InChI is InChI=1S/C14H19N3O/c1-4-5-10-17(11(2)18)14-15-12-8-6-7-9-13(12)16(14)3/h6-9H,4-5,10H2,1-3H3. The van der Waals surface area contributed by atoms with Gasteiger partial charge in [0.1, 0.15) is 0 Å². The summed E-state index contributed by atoms with van der Waals surface area (Å²) in [6.45, 7) is 4.44. The molecule has 0 unspecified atom stereocenters. The summed E-state index contributed by atoms with van der Waals surface area (Å²) in [5, 5.41) is 0. The summed E-state index contributed by atoms with van der Waals surface area (Å²) < 4.78 is 1.98. The van der Waals surface area contributed by atoms with E-state index in [-0.39, 0.29) is 5.91 Å². The Kier molecular flexibility index (Phi) is 3.65. The van der Waals surface area contributed by atoms with E-state index < -0.39 is 0 Å². The fraction of sp³-hybridized carbons (Fsp3) is 0.429. The zero-order valence-electron chi connectivity index (χ0n) is 11.2. The summed E-state index contributed by atoms with van der Waals surface area (Å²) in [4.78, 5) is 18.1. The molecule has 18 heavy (non-hydrogen) atoms. The van der Waals surface area contributed by atoms with E-state index in [4.69, 9.17) is 0 Å².